The molecule has 3 aromatic rings. The highest BCUT2D eigenvalue weighted by atomic mass is 19.1. The maximum absolute atomic E-state index is 13.7. The monoisotopic (exact) mass is 520 g/mol. The number of halogens is 4. The van der Waals surface area contributed by atoms with Crippen molar-refractivity contribution in [3.63, 3.8) is 0 Å². The van der Waals surface area contributed by atoms with E-state index in [-0.39, 0.29) is 23.7 Å². The number of nitriles is 2. The van der Waals surface area contributed by atoms with Crippen LogP contribution in [0.3, 0.4) is 0 Å². The van der Waals surface area contributed by atoms with Crippen LogP contribution in [0.15, 0.2) is 71.8 Å². The second-order valence-corrected chi connectivity index (χ2v) is 8.33. The van der Waals surface area contributed by atoms with Crippen LogP contribution < -0.4 is 9.47 Å². The highest BCUT2D eigenvalue weighted by molar-refractivity contribution is 5.91. The molecule has 0 aliphatic heterocycles. The second-order valence-electron chi connectivity index (χ2n) is 8.33. The minimum atomic E-state index is -1.12. The van der Waals surface area contributed by atoms with Crippen molar-refractivity contribution in [2.24, 2.45) is 0 Å². The SMILES string of the molecule is CC(=CC=C(C)Cc1ccc(C(=O)Oc2cc(F)c(C#N)c(F)c2)cc1)COc1cc(F)c(C#N)c(F)c1. The van der Waals surface area contributed by atoms with E-state index in [1.165, 1.54) is 24.3 Å². The minimum absolute atomic E-state index is 0.0273. The predicted molar refractivity (Wildman–Crippen MR) is 130 cm³/mol. The highest BCUT2D eigenvalue weighted by Gasteiger charge is 2.15. The van der Waals surface area contributed by atoms with Gasteiger partial charge in [0.1, 0.15) is 64.6 Å². The molecule has 0 amide bonds. The van der Waals surface area contributed by atoms with Gasteiger partial charge in [0.05, 0.1) is 5.56 Å². The highest BCUT2D eigenvalue weighted by Crippen LogP contribution is 2.22. The fraction of sp³-hybridized carbons (Fsp3) is 0.138. The first-order valence-electron chi connectivity index (χ1n) is 11.2. The molecular weight excluding hydrogens is 500 g/mol. The van der Waals surface area contributed by atoms with Crippen molar-refractivity contribution < 1.29 is 31.8 Å². The molecule has 0 atom stereocenters. The number of allylic oxidation sites excluding steroid dienone is 3. The van der Waals surface area contributed by atoms with Gasteiger partial charge in [0, 0.05) is 24.3 Å². The molecule has 0 aliphatic carbocycles. The van der Waals surface area contributed by atoms with Gasteiger partial charge in [-0.15, -0.1) is 0 Å². The largest absolute Gasteiger partial charge is 0.489 e. The number of benzene rings is 3. The van der Waals surface area contributed by atoms with Crippen LogP contribution in [0.5, 0.6) is 11.5 Å². The topological polar surface area (TPSA) is 83.1 Å². The lowest BCUT2D eigenvalue weighted by molar-refractivity contribution is 0.0734. The van der Waals surface area contributed by atoms with Gasteiger partial charge in [0.25, 0.3) is 0 Å². The summed E-state index contributed by atoms with van der Waals surface area (Å²) >= 11 is 0. The molecule has 0 heterocycles. The first-order chi connectivity index (χ1) is 18.1. The fourth-order valence-electron chi connectivity index (χ4n) is 3.29. The van der Waals surface area contributed by atoms with Crippen molar-refractivity contribution in [1.29, 1.82) is 10.5 Å². The van der Waals surface area contributed by atoms with E-state index in [9.17, 15) is 22.4 Å². The molecule has 3 rings (SSSR count). The number of hydrogen-bond acceptors (Lipinski definition) is 5. The minimum Gasteiger partial charge on any atom is -0.489 e. The molecule has 0 N–H and O–H groups in total. The van der Waals surface area contributed by atoms with Crippen molar-refractivity contribution in [3.05, 3.63) is 117 Å². The lowest BCUT2D eigenvalue weighted by Gasteiger charge is -2.08. The average molecular weight is 520 g/mol. The van der Waals surface area contributed by atoms with Gasteiger partial charge < -0.3 is 9.47 Å². The van der Waals surface area contributed by atoms with E-state index >= 15 is 0 Å². The molecule has 0 fully saturated rings. The Labute approximate surface area is 216 Å². The third kappa shape index (κ3) is 7.08. The first-order valence-corrected chi connectivity index (χ1v) is 11.2. The fourth-order valence-corrected chi connectivity index (χ4v) is 3.29. The first kappa shape index (κ1) is 27.7. The molecule has 0 spiro atoms. The van der Waals surface area contributed by atoms with Gasteiger partial charge in [-0.1, -0.05) is 29.9 Å². The summed E-state index contributed by atoms with van der Waals surface area (Å²) in [6, 6.07) is 12.8. The van der Waals surface area contributed by atoms with E-state index in [1.54, 1.807) is 25.1 Å². The van der Waals surface area contributed by atoms with Crippen LogP contribution in [0, 0.1) is 45.9 Å². The Morgan fingerprint density at radius 1 is 0.789 bits per heavy atom. The average Bonchev–Trinajstić information content (AvgIpc) is 2.86. The third-order valence-corrected chi connectivity index (χ3v) is 5.26. The number of ether oxygens (including phenoxy) is 2. The summed E-state index contributed by atoms with van der Waals surface area (Å²) < 4.78 is 65.2. The Bertz CT molecular complexity index is 1470. The molecule has 5 nitrogen and oxygen atoms in total. The summed E-state index contributed by atoms with van der Waals surface area (Å²) in [6.07, 6.45) is 4.21. The molecule has 3 aromatic carbocycles. The quantitative estimate of drug-likeness (QED) is 0.143. The van der Waals surface area contributed by atoms with Gasteiger partial charge in [-0.25, -0.2) is 22.4 Å². The number of esters is 1. The van der Waals surface area contributed by atoms with Gasteiger partial charge in [0.15, 0.2) is 0 Å². The zero-order valence-electron chi connectivity index (χ0n) is 20.3. The van der Waals surface area contributed by atoms with E-state index in [2.05, 4.69) is 0 Å². The van der Waals surface area contributed by atoms with Crippen LogP contribution in [-0.2, 0) is 6.42 Å². The van der Waals surface area contributed by atoms with E-state index in [0.717, 1.165) is 41.0 Å². The normalized spacial score (nSPS) is 11.5. The molecular formula is C29H20F4N2O3. The van der Waals surface area contributed by atoms with Crippen molar-refractivity contribution in [1.82, 2.24) is 0 Å². The molecule has 0 saturated carbocycles. The molecule has 38 heavy (non-hydrogen) atoms. The molecule has 0 aromatic heterocycles. The Kier molecular flexibility index (Phi) is 9.02. The summed E-state index contributed by atoms with van der Waals surface area (Å²) in [5.41, 5.74) is 1.39. The zero-order valence-corrected chi connectivity index (χ0v) is 20.3. The van der Waals surface area contributed by atoms with Crippen molar-refractivity contribution in [2.75, 3.05) is 6.61 Å². The van der Waals surface area contributed by atoms with E-state index < -0.39 is 40.4 Å². The Hall–Kier alpha value is -4.89. The van der Waals surface area contributed by atoms with Crippen LogP contribution in [0.25, 0.3) is 0 Å². The summed E-state index contributed by atoms with van der Waals surface area (Å²) in [4.78, 5) is 12.3. The van der Waals surface area contributed by atoms with Gasteiger partial charge in [-0.3, -0.25) is 0 Å². The number of carbonyl (C=O) groups is 1. The zero-order chi connectivity index (χ0) is 27.8. The van der Waals surface area contributed by atoms with Crippen LogP contribution >= 0.6 is 0 Å². The molecule has 0 unspecified atom stereocenters. The summed E-state index contributed by atoms with van der Waals surface area (Å²) in [6.45, 7) is 3.76. The third-order valence-electron chi connectivity index (χ3n) is 5.26. The maximum atomic E-state index is 13.7. The van der Waals surface area contributed by atoms with Gasteiger partial charge in [-0.05, 0) is 43.5 Å². The molecule has 0 radical (unpaired) electrons. The number of nitrogens with zero attached hydrogens (tertiary/aromatic N) is 2. The van der Waals surface area contributed by atoms with Gasteiger partial charge in [0.2, 0.25) is 0 Å². The van der Waals surface area contributed by atoms with Gasteiger partial charge >= 0.3 is 5.97 Å². The number of carbonyl (C=O) groups excluding carboxylic acids is 1. The lowest BCUT2D eigenvalue weighted by Crippen LogP contribution is -2.09. The Balaban J connectivity index is 1.57. The van der Waals surface area contributed by atoms with E-state index in [0.29, 0.717) is 6.42 Å². The molecule has 9 heteroatoms. The lowest BCUT2D eigenvalue weighted by atomic mass is 10.0. The van der Waals surface area contributed by atoms with Crippen LogP contribution in [-0.4, -0.2) is 12.6 Å². The summed E-state index contributed by atoms with van der Waals surface area (Å²) in [5.74, 6) is -5.42. The van der Waals surface area contributed by atoms with E-state index in [1.807, 2.05) is 13.0 Å². The predicted octanol–water partition coefficient (Wildman–Crippen LogP) is 6.72. The smallest absolute Gasteiger partial charge is 0.343 e. The van der Waals surface area contributed by atoms with Crippen LogP contribution in [0.4, 0.5) is 17.6 Å². The summed E-state index contributed by atoms with van der Waals surface area (Å²) in [5, 5.41) is 17.4. The standard InChI is InChI=1S/C29H20F4N2O3/c1-17(3-4-18(2)16-37-21-10-25(30)23(14-34)26(31)11-21)9-19-5-7-20(8-6-19)29(36)38-22-12-27(32)24(15-35)28(33)13-22/h3-8,10-13H,9,16H2,1-2H3. The summed E-state index contributed by atoms with van der Waals surface area (Å²) in [7, 11) is 0. The molecule has 0 aliphatic rings. The number of rotatable bonds is 8. The Morgan fingerprint density at radius 3 is 1.76 bits per heavy atom. The molecule has 192 valence electrons. The number of hydrogen-bond donors (Lipinski definition) is 0. The van der Waals surface area contributed by atoms with Gasteiger partial charge in [-0.2, -0.15) is 10.5 Å². The van der Waals surface area contributed by atoms with E-state index in [4.69, 9.17) is 20.0 Å². The van der Waals surface area contributed by atoms with Crippen LogP contribution in [0.1, 0.15) is 40.9 Å². The maximum Gasteiger partial charge on any atom is 0.343 e. The molecule has 0 bridgehead atoms. The second kappa shape index (κ2) is 12.4. The van der Waals surface area contributed by atoms with Crippen molar-refractivity contribution in [2.45, 2.75) is 20.3 Å². The van der Waals surface area contributed by atoms with Crippen LogP contribution in [0.2, 0.25) is 0 Å². The molecule has 0 saturated heterocycles. The van der Waals surface area contributed by atoms with Crippen molar-refractivity contribution in [3.8, 4) is 23.6 Å². The van der Waals surface area contributed by atoms with Crippen molar-refractivity contribution >= 4 is 5.97 Å². The Morgan fingerprint density at radius 2 is 1.26 bits per heavy atom.